The molecule has 0 radical (unpaired) electrons. The summed E-state index contributed by atoms with van der Waals surface area (Å²) in [5.41, 5.74) is 3.66. The van der Waals surface area contributed by atoms with Crippen molar-refractivity contribution >= 4 is 46.1 Å². The number of ketones is 1. The van der Waals surface area contributed by atoms with E-state index in [0.29, 0.717) is 73.8 Å². The van der Waals surface area contributed by atoms with E-state index in [0.717, 1.165) is 50.6 Å². The average molecular weight is 619 g/mol. The molecule has 3 aromatic heterocycles. The van der Waals surface area contributed by atoms with Crippen LogP contribution in [0, 0.1) is 6.92 Å². The maximum Gasteiger partial charge on any atom is 0.263 e. The molecule has 2 aliphatic rings. The summed E-state index contributed by atoms with van der Waals surface area (Å²) in [7, 11) is 0. The molecule has 0 atom stereocenters. The predicted octanol–water partition coefficient (Wildman–Crippen LogP) is 4.05. The molecule has 0 bridgehead atoms. The SMILES string of the molecule is CC(=O)c1c(C)c2cnc(Nc3ccc(N4CCN(C(=O)CCCCCCC(=O)NO)CC4)cn3)nc2n(C2CCCC2)c1=O. The fraction of sp³-hybridized carbons (Fsp3) is 0.531. The minimum atomic E-state index is -0.378. The molecular weight excluding hydrogens is 576 g/mol. The number of pyridine rings is 2. The van der Waals surface area contributed by atoms with Crippen molar-refractivity contribution in [3.05, 3.63) is 46.0 Å². The van der Waals surface area contributed by atoms with Crippen molar-refractivity contribution in [1.82, 2.24) is 29.9 Å². The van der Waals surface area contributed by atoms with E-state index < -0.39 is 0 Å². The first-order chi connectivity index (χ1) is 21.8. The number of rotatable bonds is 12. The number of unbranched alkanes of at least 4 members (excludes halogenated alkanes) is 3. The number of carbonyl (C=O) groups excluding carboxylic acids is 3. The van der Waals surface area contributed by atoms with Gasteiger partial charge in [0.25, 0.3) is 5.56 Å². The normalized spacial score (nSPS) is 15.4. The van der Waals surface area contributed by atoms with Crippen LogP contribution in [-0.4, -0.2) is 73.4 Å². The summed E-state index contributed by atoms with van der Waals surface area (Å²) < 4.78 is 1.70. The second-order valence-corrected chi connectivity index (χ2v) is 11.9. The van der Waals surface area contributed by atoms with Crippen molar-refractivity contribution in [2.75, 3.05) is 36.4 Å². The number of anilines is 3. The molecule has 5 rings (SSSR count). The topological polar surface area (TPSA) is 163 Å². The van der Waals surface area contributed by atoms with Crippen LogP contribution in [0.15, 0.2) is 29.3 Å². The molecule has 1 saturated heterocycles. The lowest BCUT2D eigenvalue weighted by Gasteiger charge is -2.36. The Bertz CT molecular complexity index is 1590. The van der Waals surface area contributed by atoms with Gasteiger partial charge in [-0.2, -0.15) is 4.98 Å². The lowest BCUT2D eigenvalue weighted by atomic mass is 10.0. The molecule has 240 valence electrons. The van der Waals surface area contributed by atoms with Crippen LogP contribution in [0.3, 0.4) is 0 Å². The van der Waals surface area contributed by atoms with Crippen LogP contribution >= 0.6 is 0 Å². The van der Waals surface area contributed by atoms with Gasteiger partial charge in [0.1, 0.15) is 11.5 Å². The van der Waals surface area contributed by atoms with Crippen molar-refractivity contribution in [3.8, 4) is 0 Å². The van der Waals surface area contributed by atoms with Gasteiger partial charge in [-0.15, -0.1) is 0 Å². The highest BCUT2D eigenvalue weighted by atomic mass is 16.5. The maximum atomic E-state index is 13.5. The van der Waals surface area contributed by atoms with Gasteiger partial charge in [0.2, 0.25) is 17.8 Å². The van der Waals surface area contributed by atoms with Crippen molar-refractivity contribution < 1.29 is 19.6 Å². The van der Waals surface area contributed by atoms with Crippen molar-refractivity contribution in [1.29, 1.82) is 0 Å². The molecule has 4 heterocycles. The molecule has 3 N–H and O–H groups in total. The largest absolute Gasteiger partial charge is 0.367 e. The van der Waals surface area contributed by atoms with Crippen LogP contribution in [0.4, 0.5) is 17.5 Å². The molecule has 2 fully saturated rings. The standard InChI is InChI=1S/C32H42N8O5/c1-21-25-20-34-32(36-30(25)40(23-9-7-8-10-23)31(44)29(21)22(2)41)35-26-14-13-24(19-33-26)38-15-17-39(18-16-38)28(43)12-6-4-3-5-11-27(42)37-45/h13-14,19-20,23,45H,3-12,15-18H2,1-2H3,(H,37,42)(H,33,34,35,36). The first kappa shape index (κ1) is 32.0. The minimum absolute atomic E-state index is 0.00783. The van der Waals surface area contributed by atoms with E-state index in [9.17, 15) is 19.2 Å². The molecule has 0 unspecified atom stereocenters. The number of aromatic nitrogens is 4. The average Bonchev–Trinajstić information content (AvgIpc) is 3.57. The van der Waals surface area contributed by atoms with E-state index in [4.69, 9.17) is 10.2 Å². The van der Waals surface area contributed by atoms with E-state index in [1.54, 1.807) is 29.4 Å². The third-order valence-corrected chi connectivity index (χ3v) is 8.90. The Morgan fingerprint density at radius 2 is 1.67 bits per heavy atom. The Kier molecular flexibility index (Phi) is 10.4. The monoisotopic (exact) mass is 618 g/mol. The summed E-state index contributed by atoms with van der Waals surface area (Å²) in [5, 5.41) is 12.4. The van der Waals surface area contributed by atoms with E-state index in [2.05, 4.69) is 20.2 Å². The lowest BCUT2D eigenvalue weighted by Crippen LogP contribution is -2.48. The smallest absolute Gasteiger partial charge is 0.263 e. The van der Waals surface area contributed by atoms with Gasteiger partial charge >= 0.3 is 0 Å². The van der Waals surface area contributed by atoms with E-state index in [1.807, 2.05) is 17.0 Å². The van der Waals surface area contributed by atoms with Crippen LogP contribution in [0.1, 0.15) is 93.1 Å². The molecule has 1 aliphatic heterocycles. The van der Waals surface area contributed by atoms with Crippen LogP contribution in [0.2, 0.25) is 0 Å². The number of hydroxylamine groups is 1. The molecule has 3 aromatic rings. The maximum absolute atomic E-state index is 13.5. The summed E-state index contributed by atoms with van der Waals surface area (Å²) >= 11 is 0. The fourth-order valence-electron chi connectivity index (χ4n) is 6.41. The number of carbonyl (C=O) groups is 3. The fourth-order valence-corrected chi connectivity index (χ4v) is 6.41. The number of aryl methyl sites for hydroxylation is 1. The number of hydrogen-bond acceptors (Lipinski definition) is 10. The van der Waals surface area contributed by atoms with Crippen molar-refractivity contribution in [2.45, 2.75) is 84.1 Å². The number of fused-ring (bicyclic) bond motifs is 1. The Hall–Kier alpha value is -4.39. The van der Waals surface area contributed by atoms with E-state index >= 15 is 0 Å². The highest BCUT2D eigenvalue weighted by Gasteiger charge is 2.26. The quantitative estimate of drug-likeness (QED) is 0.117. The van der Waals surface area contributed by atoms with Crippen LogP contribution < -0.4 is 21.3 Å². The summed E-state index contributed by atoms with van der Waals surface area (Å²) in [6, 6.07) is 3.84. The second kappa shape index (κ2) is 14.6. The molecule has 2 amide bonds. The summed E-state index contributed by atoms with van der Waals surface area (Å²) in [6.07, 6.45) is 11.3. The number of amides is 2. The zero-order valence-electron chi connectivity index (χ0n) is 26.0. The predicted molar refractivity (Wildman–Crippen MR) is 170 cm³/mol. The highest BCUT2D eigenvalue weighted by molar-refractivity contribution is 5.99. The Morgan fingerprint density at radius 3 is 2.31 bits per heavy atom. The van der Waals surface area contributed by atoms with Crippen LogP contribution in [0.5, 0.6) is 0 Å². The van der Waals surface area contributed by atoms with Gasteiger partial charge in [-0.05, 0) is 57.2 Å². The third kappa shape index (κ3) is 7.47. The Labute approximate surface area is 262 Å². The molecule has 13 heteroatoms. The van der Waals surface area contributed by atoms with Crippen LogP contribution in [-0.2, 0) is 9.59 Å². The van der Waals surface area contributed by atoms with Gasteiger partial charge in [-0.1, -0.05) is 25.7 Å². The van der Waals surface area contributed by atoms with Gasteiger partial charge in [0.05, 0.1) is 17.4 Å². The van der Waals surface area contributed by atoms with Gasteiger partial charge in [-0.25, -0.2) is 15.4 Å². The Morgan fingerprint density at radius 1 is 0.956 bits per heavy atom. The minimum Gasteiger partial charge on any atom is -0.367 e. The van der Waals surface area contributed by atoms with Gasteiger partial charge in [-0.3, -0.25) is 29.0 Å². The van der Waals surface area contributed by atoms with Gasteiger partial charge < -0.3 is 15.1 Å². The summed E-state index contributed by atoms with van der Waals surface area (Å²) in [6.45, 7) is 5.92. The number of piperazine rings is 1. The lowest BCUT2D eigenvalue weighted by molar-refractivity contribution is -0.132. The third-order valence-electron chi connectivity index (χ3n) is 8.90. The van der Waals surface area contributed by atoms with Gasteiger partial charge in [0.15, 0.2) is 5.78 Å². The van der Waals surface area contributed by atoms with Crippen LogP contribution in [0.25, 0.3) is 11.0 Å². The summed E-state index contributed by atoms with van der Waals surface area (Å²) in [4.78, 5) is 67.4. The number of nitrogens with one attached hydrogen (secondary N) is 2. The molecule has 13 nitrogen and oxygen atoms in total. The van der Waals surface area contributed by atoms with Crippen molar-refractivity contribution in [2.24, 2.45) is 0 Å². The molecule has 45 heavy (non-hydrogen) atoms. The Balaban J connectivity index is 1.18. The van der Waals surface area contributed by atoms with E-state index in [1.165, 1.54) is 6.92 Å². The summed E-state index contributed by atoms with van der Waals surface area (Å²) in [5.74, 6) is 0.419. The molecule has 1 saturated carbocycles. The zero-order chi connectivity index (χ0) is 31.9. The second-order valence-electron chi connectivity index (χ2n) is 11.9. The van der Waals surface area contributed by atoms with Crippen molar-refractivity contribution in [3.63, 3.8) is 0 Å². The molecule has 0 aromatic carbocycles. The molecule has 0 spiro atoms. The molecular formula is C32H42N8O5. The highest BCUT2D eigenvalue weighted by Crippen LogP contribution is 2.32. The van der Waals surface area contributed by atoms with E-state index in [-0.39, 0.29) is 34.8 Å². The molecule has 1 aliphatic carbocycles. The van der Waals surface area contributed by atoms with Gasteiger partial charge in [0, 0.05) is 56.6 Å². The number of Topliss-reactive ketones (excluding diaryl/α,β-unsaturated/α-hetero) is 1. The number of nitrogens with zero attached hydrogens (tertiary/aromatic N) is 6. The first-order valence-electron chi connectivity index (χ1n) is 15.9. The number of hydrogen-bond donors (Lipinski definition) is 3. The first-order valence-corrected chi connectivity index (χ1v) is 15.9. The zero-order valence-corrected chi connectivity index (χ0v) is 26.0.